The molecule has 3 heteroatoms. The Bertz CT molecular complexity index is 372. The quantitative estimate of drug-likeness (QED) is 0.472. The molecule has 0 radical (unpaired) electrons. The van der Waals surface area contributed by atoms with Crippen LogP contribution < -0.4 is 10.5 Å². The Morgan fingerprint density at radius 3 is 2.69 bits per heavy atom. The summed E-state index contributed by atoms with van der Waals surface area (Å²) in [6.07, 6.45) is 2.60. The summed E-state index contributed by atoms with van der Waals surface area (Å²) >= 11 is 0. The van der Waals surface area contributed by atoms with Crippen LogP contribution in [0.15, 0.2) is 12.1 Å². The Hall–Kier alpha value is -1.22. The lowest BCUT2D eigenvalue weighted by atomic mass is 10.1. The van der Waals surface area contributed by atoms with Gasteiger partial charge in [-0.2, -0.15) is 0 Å². The molecule has 0 spiro atoms. The SMILES string of the molecule is Cc1cc(C)c(OCOCC2CC2)cc1N. The zero-order chi connectivity index (χ0) is 11.5. The lowest BCUT2D eigenvalue weighted by molar-refractivity contribution is 0.00964. The van der Waals surface area contributed by atoms with E-state index in [1.165, 1.54) is 12.8 Å². The van der Waals surface area contributed by atoms with Crippen LogP contribution in [0.1, 0.15) is 24.0 Å². The molecule has 0 saturated heterocycles. The molecule has 1 aliphatic carbocycles. The van der Waals surface area contributed by atoms with E-state index in [0.29, 0.717) is 6.79 Å². The van der Waals surface area contributed by atoms with Crippen molar-refractivity contribution in [3.8, 4) is 5.75 Å². The van der Waals surface area contributed by atoms with Gasteiger partial charge in [-0.3, -0.25) is 0 Å². The van der Waals surface area contributed by atoms with Crippen molar-refractivity contribution in [1.82, 2.24) is 0 Å². The van der Waals surface area contributed by atoms with Crippen LogP contribution in [0.2, 0.25) is 0 Å². The number of benzene rings is 1. The molecule has 0 bridgehead atoms. The molecule has 1 aliphatic rings. The van der Waals surface area contributed by atoms with Crippen LogP contribution in [0.5, 0.6) is 5.75 Å². The number of hydrogen-bond donors (Lipinski definition) is 1. The molecule has 2 N–H and O–H groups in total. The molecule has 3 nitrogen and oxygen atoms in total. The van der Waals surface area contributed by atoms with E-state index in [2.05, 4.69) is 0 Å². The molecule has 0 heterocycles. The van der Waals surface area contributed by atoms with Gasteiger partial charge in [-0.25, -0.2) is 0 Å². The number of rotatable bonds is 5. The van der Waals surface area contributed by atoms with Gasteiger partial charge >= 0.3 is 0 Å². The summed E-state index contributed by atoms with van der Waals surface area (Å²) in [5.41, 5.74) is 8.78. The number of hydrogen-bond acceptors (Lipinski definition) is 3. The third kappa shape index (κ3) is 2.89. The zero-order valence-corrected chi connectivity index (χ0v) is 9.95. The van der Waals surface area contributed by atoms with Crippen molar-refractivity contribution >= 4 is 5.69 Å². The Kier molecular flexibility index (Phi) is 3.34. The maximum atomic E-state index is 5.83. The van der Waals surface area contributed by atoms with Crippen LogP contribution in [0.4, 0.5) is 5.69 Å². The standard InChI is InChI=1S/C13H19NO2/c1-9-5-10(2)13(6-12(9)14)16-8-15-7-11-3-4-11/h5-6,11H,3-4,7-8,14H2,1-2H3. The molecule has 1 aromatic carbocycles. The first-order chi connectivity index (χ1) is 7.66. The van der Waals surface area contributed by atoms with Crippen molar-refractivity contribution in [3.05, 3.63) is 23.3 Å². The fourth-order valence-electron chi connectivity index (χ4n) is 1.61. The molecule has 0 unspecified atom stereocenters. The van der Waals surface area contributed by atoms with E-state index in [1.54, 1.807) is 0 Å². The number of aryl methyl sites for hydroxylation is 2. The molecular formula is C13H19NO2. The monoisotopic (exact) mass is 221 g/mol. The first-order valence-electron chi connectivity index (χ1n) is 5.74. The predicted octanol–water partition coefficient (Wildman–Crippen LogP) is 2.65. The molecule has 0 aromatic heterocycles. The largest absolute Gasteiger partial charge is 0.467 e. The maximum absolute atomic E-state index is 5.83. The van der Waals surface area contributed by atoms with Gasteiger partial charge in [0, 0.05) is 11.8 Å². The molecule has 1 saturated carbocycles. The van der Waals surface area contributed by atoms with E-state index in [1.807, 2.05) is 26.0 Å². The molecule has 1 aromatic rings. The Morgan fingerprint density at radius 1 is 1.25 bits per heavy atom. The number of anilines is 1. The minimum absolute atomic E-state index is 0.319. The highest BCUT2D eigenvalue weighted by Crippen LogP contribution is 2.29. The Labute approximate surface area is 96.5 Å². The van der Waals surface area contributed by atoms with Crippen LogP contribution in [0.3, 0.4) is 0 Å². The molecular weight excluding hydrogens is 202 g/mol. The lowest BCUT2D eigenvalue weighted by Crippen LogP contribution is -2.06. The van der Waals surface area contributed by atoms with Crippen molar-refractivity contribution in [3.63, 3.8) is 0 Å². The van der Waals surface area contributed by atoms with E-state index in [4.69, 9.17) is 15.2 Å². The zero-order valence-electron chi connectivity index (χ0n) is 9.95. The third-order valence-corrected chi connectivity index (χ3v) is 2.91. The highest BCUT2D eigenvalue weighted by atomic mass is 16.7. The van der Waals surface area contributed by atoms with Gasteiger partial charge < -0.3 is 15.2 Å². The topological polar surface area (TPSA) is 44.5 Å². The van der Waals surface area contributed by atoms with Crippen LogP contribution in [-0.2, 0) is 4.74 Å². The predicted molar refractivity (Wildman–Crippen MR) is 64.5 cm³/mol. The molecule has 0 aliphatic heterocycles. The Balaban J connectivity index is 1.85. The van der Waals surface area contributed by atoms with Gasteiger partial charge in [0.2, 0.25) is 0 Å². The van der Waals surface area contributed by atoms with Gasteiger partial charge in [-0.1, -0.05) is 6.07 Å². The van der Waals surface area contributed by atoms with Crippen molar-refractivity contribution in [2.75, 3.05) is 19.1 Å². The highest BCUT2D eigenvalue weighted by Gasteiger charge is 2.21. The van der Waals surface area contributed by atoms with E-state index in [9.17, 15) is 0 Å². The van der Waals surface area contributed by atoms with Gasteiger partial charge in [0.25, 0.3) is 0 Å². The Morgan fingerprint density at radius 2 is 2.00 bits per heavy atom. The van der Waals surface area contributed by atoms with E-state index in [0.717, 1.165) is 35.1 Å². The van der Waals surface area contributed by atoms with Crippen molar-refractivity contribution in [2.24, 2.45) is 5.92 Å². The molecule has 0 atom stereocenters. The molecule has 0 amide bonds. The average molecular weight is 221 g/mol. The number of nitrogens with two attached hydrogens (primary N) is 1. The summed E-state index contributed by atoms with van der Waals surface area (Å²) in [6.45, 7) is 5.15. The smallest absolute Gasteiger partial charge is 0.189 e. The second-order valence-electron chi connectivity index (χ2n) is 4.55. The summed E-state index contributed by atoms with van der Waals surface area (Å²) < 4.78 is 11.0. The fourth-order valence-corrected chi connectivity index (χ4v) is 1.61. The lowest BCUT2D eigenvalue weighted by Gasteiger charge is -2.11. The molecule has 1 fully saturated rings. The van der Waals surface area contributed by atoms with Gasteiger partial charge in [-0.15, -0.1) is 0 Å². The van der Waals surface area contributed by atoms with Crippen molar-refractivity contribution < 1.29 is 9.47 Å². The molecule has 88 valence electrons. The van der Waals surface area contributed by atoms with Gasteiger partial charge in [0.05, 0.1) is 6.61 Å². The van der Waals surface area contributed by atoms with Gasteiger partial charge in [-0.05, 0) is 43.7 Å². The summed E-state index contributed by atoms with van der Waals surface area (Å²) in [5.74, 6) is 1.59. The fraction of sp³-hybridized carbons (Fsp3) is 0.538. The second kappa shape index (κ2) is 4.74. The number of nitrogen functional groups attached to an aromatic ring is 1. The minimum Gasteiger partial charge on any atom is -0.467 e. The van der Waals surface area contributed by atoms with Crippen LogP contribution in [0.25, 0.3) is 0 Å². The van der Waals surface area contributed by atoms with Crippen LogP contribution >= 0.6 is 0 Å². The highest BCUT2D eigenvalue weighted by molar-refractivity contribution is 5.54. The van der Waals surface area contributed by atoms with Crippen LogP contribution in [-0.4, -0.2) is 13.4 Å². The van der Waals surface area contributed by atoms with Gasteiger partial charge in [0.15, 0.2) is 6.79 Å². The van der Waals surface area contributed by atoms with E-state index < -0.39 is 0 Å². The van der Waals surface area contributed by atoms with E-state index in [-0.39, 0.29) is 0 Å². The first-order valence-corrected chi connectivity index (χ1v) is 5.74. The normalized spacial score (nSPS) is 15.1. The van der Waals surface area contributed by atoms with Crippen molar-refractivity contribution in [2.45, 2.75) is 26.7 Å². The van der Waals surface area contributed by atoms with E-state index >= 15 is 0 Å². The third-order valence-electron chi connectivity index (χ3n) is 2.91. The summed E-state index contributed by atoms with van der Waals surface area (Å²) in [5, 5.41) is 0. The summed E-state index contributed by atoms with van der Waals surface area (Å²) in [4.78, 5) is 0. The number of ether oxygens (including phenoxy) is 2. The summed E-state index contributed by atoms with van der Waals surface area (Å²) in [7, 11) is 0. The minimum atomic E-state index is 0.319. The van der Waals surface area contributed by atoms with Gasteiger partial charge in [0.1, 0.15) is 5.75 Å². The molecule has 16 heavy (non-hydrogen) atoms. The molecule has 2 rings (SSSR count). The van der Waals surface area contributed by atoms with Crippen LogP contribution in [0, 0.1) is 19.8 Å². The second-order valence-corrected chi connectivity index (χ2v) is 4.55. The van der Waals surface area contributed by atoms with Crippen molar-refractivity contribution in [1.29, 1.82) is 0 Å². The summed E-state index contributed by atoms with van der Waals surface area (Å²) in [6, 6.07) is 3.90. The average Bonchev–Trinajstić information content (AvgIpc) is 3.04. The first kappa shape index (κ1) is 11.3. The maximum Gasteiger partial charge on any atom is 0.189 e.